The zero-order valence-electron chi connectivity index (χ0n) is 19.2. The first-order valence-corrected chi connectivity index (χ1v) is 10.9. The number of aromatic nitrogens is 2. The van der Waals surface area contributed by atoms with Crippen LogP contribution in [0.5, 0.6) is 5.75 Å². The molecule has 1 atom stereocenters. The Balaban J connectivity index is 2.03. The van der Waals surface area contributed by atoms with Crippen LogP contribution in [0.1, 0.15) is 63.2 Å². The van der Waals surface area contributed by atoms with Crippen LogP contribution in [0.2, 0.25) is 0 Å². The third kappa shape index (κ3) is 6.49. The number of guanidine groups is 1. The lowest BCUT2D eigenvalue weighted by molar-refractivity contribution is 0.180. The summed E-state index contributed by atoms with van der Waals surface area (Å²) in [5.74, 6) is 1.49. The van der Waals surface area contributed by atoms with Gasteiger partial charge in [-0.1, -0.05) is 26.0 Å². The van der Waals surface area contributed by atoms with E-state index in [9.17, 15) is 5.11 Å². The fourth-order valence-electron chi connectivity index (χ4n) is 3.42. The Morgan fingerprint density at radius 3 is 2.40 bits per heavy atom. The van der Waals surface area contributed by atoms with Gasteiger partial charge >= 0.3 is 0 Å². The second-order valence-corrected chi connectivity index (χ2v) is 7.53. The van der Waals surface area contributed by atoms with Crippen molar-refractivity contribution in [2.24, 2.45) is 12.0 Å². The molecule has 7 nitrogen and oxygen atoms in total. The minimum atomic E-state index is -0.641. The van der Waals surface area contributed by atoms with E-state index < -0.39 is 6.10 Å². The summed E-state index contributed by atoms with van der Waals surface area (Å²) in [5, 5.41) is 21.7. The van der Waals surface area contributed by atoms with E-state index in [0.717, 1.165) is 36.4 Å². The molecular formula is C23H37N5O2. The zero-order chi connectivity index (χ0) is 22.1. The second kappa shape index (κ2) is 11.6. The van der Waals surface area contributed by atoms with Crippen molar-refractivity contribution < 1.29 is 9.84 Å². The highest BCUT2D eigenvalue weighted by atomic mass is 16.5. The Kier molecular flexibility index (Phi) is 9.17. The number of aryl methyl sites for hydroxylation is 2. The molecule has 0 saturated carbocycles. The SMILES string of the molecule is CCNC(=NCc1c(CC)nn(C)c1CC)NCC(O)c1ccc(OC(C)C)cc1. The first-order valence-electron chi connectivity index (χ1n) is 10.9. The number of nitrogens with zero attached hydrogens (tertiary/aromatic N) is 3. The summed E-state index contributed by atoms with van der Waals surface area (Å²) in [7, 11) is 1.99. The summed E-state index contributed by atoms with van der Waals surface area (Å²) < 4.78 is 7.62. The van der Waals surface area contributed by atoms with E-state index in [4.69, 9.17) is 9.73 Å². The number of nitrogens with one attached hydrogen (secondary N) is 2. The third-order valence-corrected chi connectivity index (χ3v) is 4.87. The fourth-order valence-corrected chi connectivity index (χ4v) is 3.42. The molecule has 2 rings (SSSR count). The minimum absolute atomic E-state index is 0.127. The Bertz CT molecular complexity index is 812. The summed E-state index contributed by atoms with van der Waals surface area (Å²) >= 11 is 0. The lowest BCUT2D eigenvalue weighted by Crippen LogP contribution is -2.39. The van der Waals surface area contributed by atoms with Crippen molar-refractivity contribution in [2.75, 3.05) is 13.1 Å². The largest absolute Gasteiger partial charge is 0.491 e. The van der Waals surface area contributed by atoms with Gasteiger partial charge in [0.15, 0.2) is 5.96 Å². The maximum absolute atomic E-state index is 10.6. The number of ether oxygens (including phenoxy) is 1. The highest BCUT2D eigenvalue weighted by Gasteiger charge is 2.14. The van der Waals surface area contributed by atoms with E-state index >= 15 is 0 Å². The van der Waals surface area contributed by atoms with Gasteiger partial charge in [-0.05, 0) is 51.3 Å². The van der Waals surface area contributed by atoms with Crippen molar-refractivity contribution in [3.8, 4) is 5.75 Å². The zero-order valence-corrected chi connectivity index (χ0v) is 19.2. The molecule has 0 bridgehead atoms. The Hall–Kier alpha value is -2.54. The quantitative estimate of drug-likeness (QED) is 0.410. The van der Waals surface area contributed by atoms with Crippen LogP contribution in [0.15, 0.2) is 29.3 Å². The van der Waals surface area contributed by atoms with Crippen LogP contribution in [0.3, 0.4) is 0 Å². The van der Waals surface area contributed by atoms with Gasteiger partial charge in [-0.3, -0.25) is 4.68 Å². The first kappa shape index (κ1) is 23.7. The lowest BCUT2D eigenvalue weighted by atomic mass is 10.1. The number of aliphatic hydroxyl groups is 1. The molecule has 30 heavy (non-hydrogen) atoms. The van der Waals surface area contributed by atoms with E-state index in [1.165, 1.54) is 11.3 Å². The molecule has 1 heterocycles. The van der Waals surface area contributed by atoms with Crippen molar-refractivity contribution in [3.05, 3.63) is 46.8 Å². The van der Waals surface area contributed by atoms with E-state index in [1.54, 1.807) is 0 Å². The second-order valence-electron chi connectivity index (χ2n) is 7.53. The minimum Gasteiger partial charge on any atom is -0.491 e. The molecule has 1 aromatic carbocycles. The van der Waals surface area contributed by atoms with Crippen LogP contribution >= 0.6 is 0 Å². The van der Waals surface area contributed by atoms with E-state index in [-0.39, 0.29) is 6.10 Å². The summed E-state index contributed by atoms with van der Waals surface area (Å²) in [6, 6.07) is 7.56. The molecule has 3 N–H and O–H groups in total. The maximum atomic E-state index is 10.6. The molecule has 7 heteroatoms. The summed E-state index contributed by atoms with van der Waals surface area (Å²) in [4.78, 5) is 4.74. The van der Waals surface area contributed by atoms with Gasteiger partial charge in [0.2, 0.25) is 0 Å². The molecule has 0 saturated heterocycles. The lowest BCUT2D eigenvalue weighted by Gasteiger charge is -2.16. The number of hydrogen-bond acceptors (Lipinski definition) is 4. The first-order chi connectivity index (χ1) is 14.4. The number of benzene rings is 1. The van der Waals surface area contributed by atoms with Gasteiger partial charge in [-0.25, -0.2) is 4.99 Å². The number of hydrogen-bond donors (Lipinski definition) is 3. The van der Waals surface area contributed by atoms with E-state index in [1.807, 2.05) is 56.8 Å². The number of rotatable bonds is 10. The Morgan fingerprint density at radius 2 is 1.83 bits per heavy atom. The van der Waals surface area contributed by atoms with Gasteiger partial charge in [0.25, 0.3) is 0 Å². The van der Waals surface area contributed by atoms with Crippen molar-refractivity contribution in [2.45, 2.75) is 66.2 Å². The average Bonchev–Trinajstić information content (AvgIpc) is 3.04. The molecular weight excluding hydrogens is 378 g/mol. The van der Waals surface area contributed by atoms with Crippen LogP contribution in [0.25, 0.3) is 0 Å². The van der Waals surface area contributed by atoms with Crippen LogP contribution in [-0.4, -0.2) is 40.0 Å². The smallest absolute Gasteiger partial charge is 0.191 e. The van der Waals surface area contributed by atoms with Crippen molar-refractivity contribution in [3.63, 3.8) is 0 Å². The van der Waals surface area contributed by atoms with Gasteiger partial charge in [-0.2, -0.15) is 5.10 Å². The fraction of sp³-hybridized carbons (Fsp3) is 0.565. The normalized spacial score (nSPS) is 12.9. The summed E-state index contributed by atoms with van der Waals surface area (Å²) in [5.41, 5.74) is 4.34. The molecule has 0 amide bonds. The predicted octanol–water partition coefficient (Wildman–Crippen LogP) is 3.12. The highest BCUT2D eigenvalue weighted by Crippen LogP contribution is 2.19. The molecule has 0 aliphatic rings. The summed E-state index contributed by atoms with van der Waals surface area (Å²) in [6.07, 6.45) is 1.30. The highest BCUT2D eigenvalue weighted by molar-refractivity contribution is 5.79. The topological polar surface area (TPSA) is 83.7 Å². The van der Waals surface area contributed by atoms with Crippen molar-refractivity contribution >= 4 is 5.96 Å². The van der Waals surface area contributed by atoms with E-state index in [0.29, 0.717) is 19.0 Å². The predicted molar refractivity (Wildman–Crippen MR) is 122 cm³/mol. The molecule has 0 aliphatic heterocycles. The molecule has 0 fully saturated rings. The van der Waals surface area contributed by atoms with Crippen LogP contribution in [0.4, 0.5) is 0 Å². The maximum Gasteiger partial charge on any atom is 0.191 e. The van der Waals surface area contributed by atoms with Crippen LogP contribution < -0.4 is 15.4 Å². The molecule has 1 unspecified atom stereocenters. The number of aliphatic imine (C=N–C) groups is 1. The van der Waals surface area contributed by atoms with Gasteiger partial charge < -0.3 is 20.5 Å². The Morgan fingerprint density at radius 1 is 1.13 bits per heavy atom. The van der Waals surface area contributed by atoms with Crippen molar-refractivity contribution in [1.29, 1.82) is 0 Å². The molecule has 0 spiro atoms. The van der Waals surface area contributed by atoms with Gasteiger partial charge in [0.1, 0.15) is 5.75 Å². The molecule has 2 aromatic rings. The van der Waals surface area contributed by atoms with Gasteiger partial charge in [0.05, 0.1) is 24.4 Å². The molecule has 1 aromatic heterocycles. The van der Waals surface area contributed by atoms with Crippen LogP contribution in [0, 0.1) is 0 Å². The molecule has 0 aliphatic carbocycles. The molecule has 166 valence electrons. The van der Waals surface area contributed by atoms with Crippen molar-refractivity contribution in [1.82, 2.24) is 20.4 Å². The Labute approximate surface area is 180 Å². The number of aliphatic hydroxyl groups excluding tert-OH is 1. The molecule has 0 radical (unpaired) electrons. The van der Waals surface area contributed by atoms with Gasteiger partial charge in [-0.15, -0.1) is 0 Å². The monoisotopic (exact) mass is 415 g/mol. The van der Waals surface area contributed by atoms with Crippen LogP contribution in [-0.2, 0) is 26.4 Å². The van der Waals surface area contributed by atoms with E-state index in [2.05, 4.69) is 29.6 Å². The standard InChI is InChI=1S/C23H37N5O2/c1-7-20-19(21(8-2)28(6)27-20)14-25-23(24-9-3)26-15-22(29)17-10-12-18(13-11-17)30-16(4)5/h10-13,16,22,29H,7-9,14-15H2,1-6H3,(H2,24,25,26). The van der Waals surface area contributed by atoms with Gasteiger partial charge in [0, 0.05) is 31.4 Å². The summed E-state index contributed by atoms with van der Waals surface area (Å²) in [6.45, 7) is 11.9. The third-order valence-electron chi connectivity index (χ3n) is 4.87. The average molecular weight is 416 g/mol.